The highest BCUT2D eigenvalue weighted by Crippen LogP contribution is 2.35. The smallest absolute Gasteiger partial charge is 0.146 e. The van der Waals surface area contributed by atoms with Crippen molar-refractivity contribution in [3.63, 3.8) is 0 Å². The van der Waals surface area contributed by atoms with Gasteiger partial charge in [-0.25, -0.2) is 8.78 Å². The number of fused-ring (bicyclic) bond motifs is 1. The van der Waals surface area contributed by atoms with Crippen LogP contribution in [0.25, 0.3) is 0 Å². The zero-order chi connectivity index (χ0) is 28.9. The van der Waals surface area contributed by atoms with Crippen LogP contribution < -0.4 is 24.6 Å². The molecule has 3 aliphatic heterocycles. The highest BCUT2D eigenvalue weighted by atomic mass is 19.1. The summed E-state index contributed by atoms with van der Waals surface area (Å²) in [5, 5.41) is 3.49. The number of hydrogen-bond acceptors (Lipinski definition) is 7. The van der Waals surface area contributed by atoms with Crippen LogP contribution in [-0.2, 0) is 16.1 Å². The Labute approximate surface area is 246 Å². The minimum Gasteiger partial charge on any atom is -0.490 e. The molecule has 2 atom stereocenters. The highest BCUT2D eigenvalue weighted by molar-refractivity contribution is 5.61. The normalized spacial score (nSPS) is 20.5. The van der Waals surface area contributed by atoms with Crippen LogP contribution in [0.4, 0.5) is 20.2 Å². The van der Waals surface area contributed by atoms with E-state index in [9.17, 15) is 8.78 Å². The third-order valence-corrected chi connectivity index (χ3v) is 8.36. The zero-order valence-corrected chi connectivity index (χ0v) is 24.1. The van der Waals surface area contributed by atoms with Crippen LogP contribution in [0, 0.1) is 11.6 Å². The van der Waals surface area contributed by atoms with Gasteiger partial charge in [0.05, 0.1) is 43.7 Å². The molecule has 224 valence electrons. The molecule has 6 rings (SSSR count). The molecule has 0 spiro atoms. The van der Waals surface area contributed by atoms with Gasteiger partial charge in [-0.2, -0.15) is 0 Å². The Morgan fingerprint density at radius 2 is 1.86 bits per heavy atom. The van der Waals surface area contributed by atoms with Crippen molar-refractivity contribution < 1.29 is 27.7 Å². The van der Waals surface area contributed by atoms with Gasteiger partial charge in [-0.15, -0.1) is 0 Å². The van der Waals surface area contributed by atoms with Crippen molar-refractivity contribution in [3.05, 3.63) is 83.4 Å². The molecule has 3 aromatic carbocycles. The number of piperidine rings is 1. The summed E-state index contributed by atoms with van der Waals surface area (Å²) in [5.41, 5.74) is 3.78. The Bertz CT molecular complexity index is 1340. The number of anilines is 2. The zero-order valence-electron chi connectivity index (χ0n) is 24.1. The molecule has 0 saturated carbocycles. The fourth-order valence-electron chi connectivity index (χ4n) is 6.05. The first-order chi connectivity index (χ1) is 20.6. The van der Waals surface area contributed by atoms with Gasteiger partial charge in [-0.3, -0.25) is 0 Å². The van der Waals surface area contributed by atoms with Crippen LogP contribution >= 0.6 is 0 Å². The topological polar surface area (TPSA) is 55.4 Å². The first kappa shape index (κ1) is 28.7. The molecule has 2 saturated heterocycles. The largest absolute Gasteiger partial charge is 0.490 e. The van der Waals surface area contributed by atoms with Crippen molar-refractivity contribution in [2.75, 3.05) is 69.4 Å². The molecule has 0 radical (unpaired) electrons. The molecule has 9 heteroatoms. The van der Waals surface area contributed by atoms with Crippen molar-refractivity contribution in [2.45, 2.75) is 37.6 Å². The van der Waals surface area contributed by atoms with Crippen molar-refractivity contribution in [1.29, 1.82) is 0 Å². The van der Waals surface area contributed by atoms with E-state index < -0.39 is 11.6 Å². The van der Waals surface area contributed by atoms with Gasteiger partial charge in [0.2, 0.25) is 0 Å². The van der Waals surface area contributed by atoms with Crippen LogP contribution in [0.15, 0.2) is 60.7 Å². The summed E-state index contributed by atoms with van der Waals surface area (Å²) < 4.78 is 51.4. The maximum absolute atomic E-state index is 14.1. The molecule has 0 aromatic heterocycles. The van der Waals surface area contributed by atoms with E-state index in [4.69, 9.17) is 18.9 Å². The number of rotatable bonds is 11. The maximum Gasteiger partial charge on any atom is 0.146 e. The highest BCUT2D eigenvalue weighted by Gasteiger charge is 2.31. The second-order valence-corrected chi connectivity index (χ2v) is 11.2. The lowest BCUT2D eigenvalue weighted by Crippen LogP contribution is -2.54. The standard InChI is InChI=1S/C33H39F2N3O4/c1-39-15-2-13-37-14-16-40-32-10-3-23(17-31(32)37)22-41-33-19-36-12-11-28(33)24-4-7-26(8-5-24)42-27-20-38(21-27)30-18-25(34)6-9-29(30)35/h3-10,17-18,27-28,33,36H,2,11-16,19-22H2,1H3/t28-,33+/m1/s1. The van der Waals surface area contributed by atoms with Crippen LogP contribution in [-0.4, -0.2) is 71.8 Å². The van der Waals surface area contributed by atoms with E-state index in [-0.39, 0.29) is 23.8 Å². The summed E-state index contributed by atoms with van der Waals surface area (Å²) >= 11 is 0. The van der Waals surface area contributed by atoms with Gasteiger partial charge in [-0.05, 0) is 66.9 Å². The lowest BCUT2D eigenvalue weighted by molar-refractivity contribution is 0.0106. The van der Waals surface area contributed by atoms with Gasteiger partial charge < -0.3 is 34.1 Å². The molecular weight excluding hydrogens is 540 g/mol. The summed E-state index contributed by atoms with van der Waals surface area (Å²) in [4.78, 5) is 4.17. The molecule has 3 heterocycles. The Morgan fingerprint density at radius 1 is 1.00 bits per heavy atom. The van der Waals surface area contributed by atoms with E-state index in [1.807, 2.05) is 12.1 Å². The van der Waals surface area contributed by atoms with Gasteiger partial charge in [-0.1, -0.05) is 18.2 Å². The minimum atomic E-state index is -0.441. The lowest BCUT2D eigenvalue weighted by atomic mass is 9.87. The average Bonchev–Trinajstić information content (AvgIpc) is 3.00. The van der Waals surface area contributed by atoms with E-state index in [1.54, 1.807) is 12.0 Å². The molecular formula is C33H39F2N3O4. The van der Waals surface area contributed by atoms with Gasteiger partial charge >= 0.3 is 0 Å². The number of benzene rings is 3. The SMILES string of the molecule is COCCCN1CCOc2ccc(CO[C@H]3CNCC[C@@H]3c3ccc(OC4CN(c5cc(F)ccc5F)C4)cc3)cc21. The summed E-state index contributed by atoms with van der Waals surface area (Å²) in [6.45, 7) is 6.58. The van der Waals surface area contributed by atoms with Crippen LogP contribution in [0.5, 0.6) is 11.5 Å². The van der Waals surface area contributed by atoms with Crippen molar-refractivity contribution in [1.82, 2.24) is 5.32 Å². The molecule has 3 aliphatic rings. The van der Waals surface area contributed by atoms with Gasteiger partial charge in [0, 0.05) is 38.8 Å². The molecule has 2 fully saturated rings. The third-order valence-electron chi connectivity index (χ3n) is 8.36. The molecule has 3 aromatic rings. The quantitative estimate of drug-likeness (QED) is 0.316. The fourth-order valence-corrected chi connectivity index (χ4v) is 6.05. The number of nitrogens with zero attached hydrogens (tertiary/aromatic N) is 2. The fraction of sp³-hybridized carbons (Fsp3) is 0.455. The summed E-state index contributed by atoms with van der Waals surface area (Å²) in [5.74, 6) is 1.13. The molecule has 0 aliphatic carbocycles. The van der Waals surface area contributed by atoms with Crippen molar-refractivity contribution in [2.24, 2.45) is 0 Å². The lowest BCUT2D eigenvalue weighted by Gasteiger charge is -2.40. The van der Waals surface area contributed by atoms with Crippen LogP contribution in [0.2, 0.25) is 0 Å². The maximum atomic E-state index is 14.1. The Hall–Kier alpha value is -3.40. The van der Waals surface area contributed by atoms with E-state index in [0.29, 0.717) is 26.3 Å². The second-order valence-electron chi connectivity index (χ2n) is 11.2. The van der Waals surface area contributed by atoms with E-state index >= 15 is 0 Å². The molecule has 0 bridgehead atoms. The number of hydrogen-bond donors (Lipinski definition) is 1. The van der Waals surface area contributed by atoms with Crippen LogP contribution in [0.1, 0.15) is 29.9 Å². The Kier molecular flexibility index (Phi) is 9.07. The first-order valence-corrected chi connectivity index (χ1v) is 14.9. The monoisotopic (exact) mass is 579 g/mol. The number of halogens is 2. The number of methoxy groups -OCH3 is 1. The van der Waals surface area contributed by atoms with Gasteiger partial charge in [0.15, 0.2) is 0 Å². The molecule has 0 unspecified atom stereocenters. The first-order valence-electron chi connectivity index (χ1n) is 14.9. The summed E-state index contributed by atoms with van der Waals surface area (Å²) in [6, 6.07) is 18.1. The minimum absolute atomic E-state index is 0.0527. The van der Waals surface area contributed by atoms with Gasteiger partial charge in [0.1, 0.15) is 35.8 Å². The number of ether oxygens (including phenoxy) is 4. The van der Waals surface area contributed by atoms with E-state index in [1.165, 1.54) is 11.6 Å². The molecule has 0 amide bonds. The predicted octanol–water partition coefficient (Wildman–Crippen LogP) is 5.13. The van der Waals surface area contributed by atoms with E-state index in [0.717, 1.165) is 80.5 Å². The second kappa shape index (κ2) is 13.3. The van der Waals surface area contributed by atoms with Crippen molar-refractivity contribution >= 4 is 11.4 Å². The summed E-state index contributed by atoms with van der Waals surface area (Å²) in [6.07, 6.45) is 1.96. The predicted molar refractivity (Wildman–Crippen MR) is 159 cm³/mol. The number of nitrogens with one attached hydrogen (secondary N) is 1. The Morgan fingerprint density at radius 3 is 2.69 bits per heavy atom. The van der Waals surface area contributed by atoms with Gasteiger partial charge in [0.25, 0.3) is 0 Å². The molecule has 7 nitrogen and oxygen atoms in total. The van der Waals surface area contributed by atoms with E-state index in [2.05, 4.69) is 40.5 Å². The van der Waals surface area contributed by atoms with Crippen LogP contribution in [0.3, 0.4) is 0 Å². The average molecular weight is 580 g/mol. The molecule has 1 N–H and O–H groups in total. The Balaban J connectivity index is 1.04. The summed E-state index contributed by atoms with van der Waals surface area (Å²) in [7, 11) is 1.74. The van der Waals surface area contributed by atoms with Crippen molar-refractivity contribution in [3.8, 4) is 11.5 Å². The third kappa shape index (κ3) is 6.64. The molecule has 42 heavy (non-hydrogen) atoms.